The van der Waals surface area contributed by atoms with Crippen molar-refractivity contribution in [2.75, 3.05) is 0 Å². The molecule has 0 bridgehead atoms. The Kier molecular flexibility index (Phi) is 5.69. The average Bonchev–Trinajstić information content (AvgIpc) is 3.09. The molecule has 1 unspecified atom stereocenters. The number of fused-ring (bicyclic) bond motifs is 1. The molecule has 0 heterocycles. The second-order valence-corrected chi connectivity index (χ2v) is 11.1. The molecule has 0 fully saturated rings. The molecule has 0 saturated carbocycles. The van der Waals surface area contributed by atoms with Gasteiger partial charge in [-0.25, -0.2) is 0 Å². The Balaban J connectivity index is 1.61. The Hall–Kier alpha value is -1.28. The minimum atomic E-state index is -2.84. The van der Waals surface area contributed by atoms with Gasteiger partial charge in [0.15, 0.2) is 0 Å². The molecular weight excluding hydrogens is 446 g/mol. The van der Waals surface area contributed by atoms with Gasteiger partial charge in [-0.05, 0) is 0 Å². The molecule has 26 heavy (non-hydrogen) atoms. The van der Waals surface area contributed by atoms with Crippen molar-refractivity contribution in [3.05, 3.63) is 94.0 Å². The second-order valence-electron chi connectivity index (χ2n) is 6.16. The summed E-state index contributed by atoms with van der Waals surface area (Å²) < 4.78 is 13.0. The molecule has 0 radical (unpaired) electrons. The Morgan fingerprint density at radius 3 is 1.88 bits per heavy atom. The van der Waals surface area contributed by atoms with Crippen LogP contribution in [0.4, 0.5) is 0 Å². The van der Waals surface area contributed by atoms with Crippen molar-refractivity contribution in [1.82, 2.24) is 0 Å². The van der Waals surface area contributed by atoms with Crippen molar-refractivity contribution >= 4 is 23.2 Å². The second kappa shape index (κ2) is 8.17. The van der Waals surface area contributed by atoms with Gasteiger partial charge in [-0.15, -0.1) is 0 Å². The van der Waals surface area contributed by atoms with Crippen LogP contribution in [0.5, 0.6) is 11.5 Å². The minimum absolute atomic E-state index is 0.232. The van der Waals surface area contributed by atoms with Gasteiger partial charge in [0.1, 0.15) is 0 Å². The van der Waals surface area contributed by atoms with E-state index in [0.717, 1.165) is 24.3 Å². The Bertz CT molecular complexity index is 822. The van der Waals surface area contributed by atoms with Crippen LogP contribution >= 0.6 is 23.2 Å². The van der Waals surface area contributed by atoms with E-state index in [1.54, 1.807) is 0 Å². The summed E-state index contributed by atoms with van der Waals surface area (Å²) in [4.78, 5) is 0. The van der Waals surface area contributed by atoms with Gasteiger partial charge in [0.25, 0.3) is 0 Å². The van der Waals surface area contributed by atoms with Crippen LogP contribution in [0.15, 0.2) is 84.0 Å². The normalized spacial score (nSPS) is 18.0. The van der Waals surface area contributed by atoms with Crippen molar-refractivity contribution in [2.45, 2.75) is 16.5 Å². The predicted molar refractivity (Wildman–Crippen MR) is 102 cm³/mol. The van der Waals surface area contributed by atoms with E-state index < -0.39 is 22.6 Å². The number of halogens is 2. The van der Waals surface area contributed by atoms with E-state index in [1.807, 2.05) is 48.5 Å². The van der Waals surface area contributed by atoms with Gasteiger partial charge in [0.05, 0.1) is 0 Å². The Morgan fingerprint density at radius 1 is 0.769 bits per heavy atom. The molecule has 0 saturated heterocycles. The molecule has 0 N–H and O–H groups in total. The van der Waals surface area contributed by atoms with Crippen LogP contribution in [0.25, 0.3) is 0 Å². The Morgan fingerprint density at radius 2 is 1.31 bits per heavy atom. The van der Waals surface area contributed by atoms with E-state index >= 15 is 0 Å². The summed E-state index contributed by atoms with van der Waals surface area (Å²) in [5, 5.41) is 1.39. The third kappa shape index (κ3) is 4.17. The van der Waals surface area contributed by atoms with Crippen LogP contribution in [0, 0.1) is 0 Å². The van der Waals surface area contributed by atoms with Crippen LogP contribution in [0.3, 0.4) is 0 Å². The fourth-order valence-electron chi connectivity index (χ4n) is 3.08. The number of allylic oxidation sites excluding steroid dienone is 6. The average molecular weight is 463 g/mol. The summed E-state index contributed by atoms with van der Waals surface area (Å²) in [6.45, 7) is 0. The number of benzene rings is 2. The van der Waals surface area contributed by atoms with Gasteiger partial charge in [-0.3, -0.25) is 0 Å². The summed E-state index contributed by atoms with van der Waals surface area (Å²) in [5.74, 6) is 1.61. The van der Waals surface area contributed by atoms with E-state index in [2.05, 4.69) is 24.3 Å². The van der Waals surface area contributed by atoms with Crippen LogP contribution in [-0.4, -0.2) is 0 Å². The van der Waals surface area contributed by atoms with Crippen molar-refractivity contribution in [2.24, 2.45) is 0 Å². The first-order chi connectivity index (χ1) is 12.7. The Labute approximate surface area is 172 Å². The molecule has 2 aromatic rings. The summed E-state index contributed by atoms with van der Waals surface area (Å²) in [6.07, 6.45) is 11.3. The standard InChI is InChI=1S/C9H9.2C6H5ClO.Zr/c1-2-5-9-7-3-6-8(9)4-1;2*7-5-1-3-6(8)4-2-5;/h3-7H,1-2H2;2*1-4,8H;/q;;;+2/p-2. The predicted octanol–water partition coefficient (Wildman–Crippen LogP) is 6.90. The SMILES string of the molecule is Clc1ccc([O][Zr]([O]c2ccc(Cl)cc2)[CH]2C=CC3=CCCC=C32)cc1. The molecule has 2 aliphatic carbocycles. The van der Waals surface area contributed by atoms with E-state index in [9.17, 15) is 0 Å². The van der Waals surface area contributed by atoms with E-state index in [0.29, 0.717) is 10.0 Å². The van der Waals surface area contributed by atoms with Crippen LogP contribution in [0.1, 0.15) is 12.8 Å². The first kappa shape index (κ1) is 18.1. The molecule has 0 aliphatic heterocycles. The van der Waals surface area contributed by atoms with Gasteiger partial charge in [-0.2, -0.15) is 0 Å². The molecule has 0 amide bonds. The van der Waals surface area contributed by atoms with Crippen molar-refractivity contribution in [3.8, 4) is 11.5 Å². The molecule has 2 aromatic carbocycles. The molecule has 1 atom stereocenters. The number of rotatable bonds is 5. The zero-order chi connectivity index (χ0) is 17.9. The summed E-state index contributed by atoms with van der Waals surface area (Å²) >= 11 is 9.16. The van der Waals surface area contributed by atoms with Crippen molar-refractivity contribution in [3.63, 3.8) is 0 Å². The van der Waals surface area contributed by atoms with E-state index in [-0.39, 0.29) is 3.63 Å². The maximum absolute atomic E-state index is 6.40. The molecule has 131 valence electrons. The van der Waals surface area contributed by atoms with Gasteiger partial charge < -0.3 is 0 Å². The molecule has 0 aromatic heterocycles. The fourth-order valence-corrected chi connectivity index (χ4v) is 7.81. The molecule has 2 nitrogen and oxygen atoms in total. The first-order valence-electron chi connectivity index (χ1n) is 8.51. The van der Waals surface area contributed by atoms with Crippen LogP contribution < -0.4 is 5.63 Å². The fraction of sp³-hybridized carbons (Fsp3) is 0.143. The third-order valence-corrected chi connectivity index (χ3v) is 9.49. The van der Waals surface area contributed by atoms with Gasteiger partial charge in [-0.1, -0.05) is 0 Å². The van der Waals surface area contributed by atoms with Gasteiger partial charge >= 0.3 is 173 Å². The zero-order valence-corrected chi connectivity index (χ0v) is 18.0. The number of hydrogen-bond donors (Lipinski definition) is 0. The van der Waals surface area contributed by atoms with Crippen molar-refractivity contribution < 1.29 is 28.3 Å². The first-order valence-corrected chi connectivity index (χ1v) is 12.7. The summed E-state index contributed by atoms with van der Waals surface area (Å²) in [5.41, 5.74) is 2.67. The van der Waals surface area contributed by atoms with Crippen LogP contribution in [0.2, 0.25) is 13.7 Å². The van der Waals surface area contributed by atoms with Crippen molar-refractivity contribution in [1.29, 1.82) is 0 Å². The topological polar surface area (TPSA) is 18.5 Å². The zero-order valence-electron chi connectivity index (χ0n) is 14.0. The molecule has 5 heteroatoms. The monoisotopic (exact) mass is 461 g/mol. The molecule has 0 spiro atoms. The quantitative estimate of drug-likeness (QED) is 0.480. The van der Waals surface area contributed by atoms with E-state index in [4.69, 9.17) is 28.8 Å². The van der Waals surface area contributed by atoms with Crippen LogP contribution in [-0.2, 0) is 22.6 Å². The van der Waals surface area contributed by atoms with Gasteiger partial charge in [0, 0.05) is 0 Å². The third-order valence-electron chi connectivity index (χ3n) is 4.35. The summed E-state index contributed by atoms with van der Waals surface area (Å²) in [6, 6.07) is 15.0. The molecule has 2 aliphatic rings. The maximum atomic E-state index is 6.40. The summed E-state index contributed by atoms with van der Waals surface area (Å²) in [7, 11) is 0. The van der Waals surface area contributed by atoms with Gasteiger partial charge in [0.2, 0.25) is 0 Å². The number of hydrogen-bond acceptors (Lipinski definition) is 2. The molecule has 4 rings (SSSR count). The van der Waals surface area contributed by atoms with E-state index in [1.165, 1.54) is 11.1 Å². The molecular formula is C21H17Cl2O2Zr.